The first-order valence-electron chi connectivity index (χ1n) is 15.6. The first kappa shape index (κ1) is 34.5. The molecule has 0 spiro atoms. The van der Waals surface area contributed by atoms with E-state index in [0.717, 1.165) is 31.3 Å². The van der Waals surface area contributed by atoms with Crippen LogP contribution in [0.25, 0.3) is 0 Å². The van der Waals surface area contributed by atoms with Gasteiger partial charge in [0, 0.05) is 13.1 Å². The van der Waals surface area contributed by atoms with Gasteiger partial charge in [-0.3, -0.25) is 24.1 Å². The highest BCUT2D eigenvalue weighted by Gasteiger charge is 2.50. The Bertz CT molecular complexity index is 1230. The Morgan fingerprint density at radius 2 is 1.67 bits per heavy atom. The summed E-state index contributed by atoms with van der Waals surface area (Å²) in [6, 6.07) is 2.38. The monoisotopic (exact) mass is 630 g/mol. The lowest BCUT2D eigenvalue weighted by molar-refractivity contribution is -0.138. The topological polar surface area (TPSA) is 179 Å². The fraction of sp³-hybridized carbons (Fsp3) is 0.625. The fourth-order valence-electron chi connectivity index (χ4n) is 5.55. The molecule has 13 nitrogen and oxygen atoms in total. The Morgan fingerprint density at radius 1 is 1.00 bits per heavy atom. The zero-order valence-corrected chi connectivity index (χ0v) is 26.3. The van der Waals surface area contributed by atoms with Gasteiger partial charge < -0.3 is 40.4 Å². The number of morpholine rings is 1. The van der Waals surface area contributed by atoms with E-state index in [4.69, 9.17) is 14.2 Å². The van der Waals surface area contributed by atoms with Crippen molar-refractivity contribution in [2.24, 2.45) is 0 Å². The largest absolute Gasteiger partial charge is 0.497 e. The molecule has 0 radical (unpaired) electrons. The smallest absolute Gasteiger partial charge is 0.246 e. The van der Waals surface area contributed by atoms with Gasteiger partial charge in [0.25, 0.3) is 0 Å². The van der Waals surface area contributed by atoms with Gasteiger partial charge in [0.1, 0.15) is 29.5 Å². The molecule has 3 aliphatic rings. The van der Waals surface area contributed by atoms with Crippen LogP contribution in [0.2, 0.25) is 0 Å². The van der Waals surface area contributed by atoms with Crippen LogP contribution in [0.3, 0.4) is 0 Å². The molecule has 5 N–H and O–H groups in total. The van der Waals surface area contributed by atoms with E-state index in [1.165, 1.54) is 14.0 Å². The van der Waals surface area contributed by atoms with E-state index in [-0.39, 0.29) is 25.4 Å². The molecule has 0 unspecified atom stereocenters. The molecule has 3 amide bonds. The van der Waals surface area contributed by atoms with Crippen LogP contribution < -0.4 is 20.7 Å². The summed E-state index contributed by atoms with van der Waals surface area (Å²) in [4.78, 5) is 55.6. The van der Waals surface area contributed by atoms with Crippen molar-refractivity contribution in [1.82, 2.24) is 20.9 Å². The SMILES string of the molecule is COc1ccc([C@@H](O)[C@H](NC(=O)[C@@H](NC(=O)CN2CCOCC2)[C@@H](C)O)C(=O)N[C@@H](CC2=CCCCC2)C(=O)[C@@]2(C)CO2)cc1. The summed E-state index contributed by atoms with van der Waals surface area (Å²) in [7, 11) is 1.49. The molecule has 13 heteroatoms. The number of methoxy groups -OCH3 is 1. The molecule has 2 aliphatic heterocycles. The summed E-state index contributed by atoms with van der Waals surface area (Å²) in [6.07, 6.45) is 3.26. The van der Waals surface area contributed by atoms with E-state index in [1.807, 2.05) is 4.90 Å². The number of nitrogens with zero attached hydrogens (tertiary/aromatic N) is 1. The number of aliphatic hydroxyl groups is 2. The normalized spacial score (nSPS) is 23.4. The molecule has 1 aromatic carbocycles. The number of amides is 3. The Hall–Kier alpha value is -3.36. The summed E-state index contributed by atoms with van der Waals surface area (Å²) >= 11 is 0. The third-order valence-electron chi connectivity index (χ3n) is 8.49. The lowest BCUT2D eigenvalue weighted by Gasteiger charge is -2.30. The predicted octanol–water partition coefficient (Wildman–Crippen LogP) is 0.145. The lowest BCUT2D eigenvalue weighted by Crippen LogP contribution is -2.60. The van der Waals surface area contributed by atoms with Gasteiger partial charge in [0.2, 0.25) is 17.7 Å². The molecular weight excluding hydrogens is 584 g/mol. The van der Waals surface area contributed by atoms with Crippen LogP contribution in [0.1, 0.15) is 57.6 Å². The number of rotatable bonds is 15. The average molecular weight is 631 g/mol. The number of benzene rings is 1. The highest BCUT2D eigenvalue weighted by molar-refractivity contribution is 5.99. The van der Waals surface area contributed by atoms with Crippen LogP contribution >= 0.6 is 0 Å². The third-order valence-corrected chi connectivity index (χ3v) is 8.49. The molecule has 2 saturated heterocycles. The van der Waals surface area contributed by atoms with Crippen molar-refractivity contribution in [2.45, 2.75) is 81.9 Å². The summed E-state index contributed by atoms with van der Waals surface area (Å²) in [5.74, 6) is -1.92. The van der Waals surface area contributed by atoms with Crippen LogP contribution in [0.4, 0.5) is 0 Å². The molecule has 45 heavy (non-hydrogen) atoms. The molecule has 1 aromatic rings. The minimum Gasteiger partial charge on any atom is -0.497 e. The van der Waals surface area contributed by atoms with Gasteiger partial charge in [0.05, 0.1) is 45.6 Å². The molecule has 1 aliphatic carbocycles. The van der Waals surface area contributed by atoms with Crippen LogP contribution in [0.15, 0.2) is 35.9 Å². The minimum atomic E-state index is -1.58. The number of ketones is 1. The van der Waals surface area contributed by atoms with Crippen molar-refractivity contribution in [2.75, 3.05) is 46.6 Å². The summed E-state index contributed by atoms with van der Waals surface area (Å²) in [5.41, 5.74) is 0.344. The Kier molecular flexibility index (Phi) is 12.1. The van der Waals surface area contributed by atoms with Crippen LogP contribution in [0, 0.1) is 0 Å². The number of nitrogens with one attached hydrogen (secondary N) is 3. The van der Waals surface area contributed by atoms with E-state index in [0.29, 0.717) is 37.6 Å². The van der Waals surface area contributed by atoms with Gasteiger partial charge in [-0.05, 0) is 63.6 Å². The molecular formula is C32H46N4O9. The van der Waals surface area contributed by atoms with Gasteiger partial charge in [-0.25, -0.2) is 0 Å². The number of epoxide rings is 1. The molecule has 6 atom stereocenters. The molecule has 2 fully saturated rings. The van der Waals surface area contributed by atoms with Crippen molar-refractivity contribution >= 4 is 23.5 Å². The van der Waals surface area contributed by atoms with Crippen molar-refractivity contribution < 1.29 is 43.6 Å². The first-order chi connectivity index (χ1) is 21.5. The first-order valence-corrected chi connectivity index (χ1v) is 15.6. The zero-order valence-electron chi connectivity index (χ0n) is 26.3. The maximum atomic E-state index is 13.9. The molecule has 2 heterocycles. The highest BCUT2D eigenvalue weighted by Crippen LogP contribution is 2.31. The number of carbonyl (C=O) groups excluding carboxylic acids is 4. The number of Topliss-reactive ketones (excluding diaryl/α,β-unsaturated/α-hetero) is 1. The standard InChI is InChI=1S/C32H46N4O9/c1-20(37)26(34-25(38)18-36-13-15-44-16-14-36)30(41)35-27(28(39)22-9-11-23(43-3)12-10-22)31(42)33-24(29(40)32(2)19-45-32)17-21-7-5-4-6-8-21/h7,9-12,20,24,26-28,37,39H,4-6,8,13-19H2,1-3H3,(H,33,42)(H,34,38)(H,35,41)/t20-,24+,26+,27+,28-,32-/m1/s1. The van der Waals surface area contributed by atoms with Crippen LogP contribution in [-0.2, 0) is 28.7 Å². The summed E-state index contributed by atoms with van der Waals surface area (Å²) in [6.45, 7) is 5.33. The predicted molar refractivity (Wildman–Crippen MR) is 163 cm³/mol. The number of ether oxygens (including phenoxy) is 3. The van der Waals surface area contributed by atoms with Gasteiger partial charge >= 0.3 is 0 Å². The van der Waals surface area contributed by atoms with E-state index >= 15 is 0 Å². The number of carbonyl (C=O) groups is 4. The Morgan fingerprint density at radius 3 is 2.24 bits per heavy atom. The van der Waals surface area contributed by atoms with Gasteiger partial charge in [-0.1, -0.05) is 23.8 Å². The molecule has 4 rings (SSSR count). The van der Waals surface area contributed by atoms with Crippen molar-refractivity contribution in [3.8, 4) is 5.75 Å². The summed E-state index contributed by atoms with van der Waals surface area (Å²) in [5, 5.41) is 29.7. The van der Waals surface area contributed by atoms with E-state index in [9.17, 15) is 29.4 Å². The average Bonchev–Trinajstić information content (AvgIpc) is 3.80. The number of aliphatic hydroxyl groups excluding tert-OH is 2. The minimum absolute atomic E-state index is 0.00126. The van der Waals surface area contributed by atoms with Crippen LogP contribution in [0.5, 0.6) is 5.75 Å². The van der Waals surface area contributed by atoms with Gasteiger partial charge in [-0.2, -0.15) is 0 Å². The number of hydrogen-bond acceptors (Lipinski definition) is 10. The van der Waals surface area contributed by atoms with Crippen molar-refractivity contribution in [1.29, 1.82) is 0 Å². The van der Waals surface area contributed by atoms with Gasteiger partial charge in [0.15, 0.2) is 5.78 Å². The summed E-state index contributed by atoms with van der Waals surface area (Å²) < 4.78 is 15.9. The van der Waals surface area contributed by atoms with Crippen LogP contribution in [-0.4, -0.2) is 115 Å². The van der Waals surface area contributed by atoms with Gasteiger partial charge in [-0.15, -0.1) is 0 Å². The second-order valence-corrected chi connectivity index (χ2v) is 12.1. The third kappa shape index (κ3) is 9.57. The maximum absolute atomic E-state index is 13.9. The second kappa shape index (κ2) is 15.8. The quantitative estimate of drug-likeness (QED) is 0.132. The molecule has 0 bridgehead atoms. The molecule has 0 saturated carbocycles. The molecule has 248 valence electrons. The maximum Gasteiger partial charge on any atom is 0.246 e. The number of allylic oxidation sites excluding steroid dienone is 1. The van der Waals surface area contributed by atoms with Crippen molar-refractivity contribution in [3.05, 3.63) is 41.5 Å². The fourth-order valence-corrected chi connectivity index (χ4v) is 5.55. The van der Waals surface area contributed by atoms with E-state index in [2.05, 4.69) is 22.0 Å². The lowest BCUT2D eigenvalue weighted by atomic mass is 9.89. The second-order valence-electron chi connectivity index (χ2n) is 12.1. The number of hydrogen-bond donors (Lipinski definition) is 5. The van der Waals surface area contributed by atoms with E-state index in [1.54, 1.807) is 31.2 Å². The Labute approximate surface area is 263 Å². The zero-order chi connectivity index (χ0) is 32.6. The highest BCUT2D eigenvalue weighted by atomic mass is 16.6. The van der Waals surface area contributed by atoms with E-state index < -0.39 is 53.7 Å². The Balaban J connectivity index is 1.54. The van der Waals surface area contributed by atoms with Crippen molar-refractivity contribution in [3.63, 3.8) is 0 Å². The molecule has 0 aromatic heterocycles.